The van der Waals surface area contributed by atoms with E-state index in [1.807, 2.05) is 19.0 Å². The minimum absolute atomic E-state index is 0.290. The smallest absolute Gasteiger partial charge is 0.243 e. The molecule has 0 fully saturated rings. The second kappa shape index (κ2) is 7.20. The zero-order valence-electron chi connectivity index (χ0n) is 13.3. The molecule has 3 N–H and O–H groups in total. The Morgan fingerprint density at radius 1 is 1.10 bits per heavy atom. The van der Waals surface area contributed by atoms with E-state index in [-0.39, 0.29) is 6.04 Å². The van der Waals surface area contributed by atoms with Gasteiger partial charge in [-0.2, -0.15) is 15.0 Å². The number of nitrogens with two attached hydrogens (primary N) is 1. The van der Waals surface area contributed by atoms with Crippen LogP contribution in [0.4, 0.5) is 17.8 Å². The summed E-state index contributed by atoms with van der Waals surface area (Å²) in [5.74, 6) is 7.02. The van der Waals surface area contributed by atoms with Crippen molar-refractivity contribution in [1.29, 1.82) is 0 Å². The average molecular weight is 282 g/mol. The zero-order valence-corrected chi connectivity index (χ0v) is 13.3. The van der Waals surface area contributed by atoms with Crippen molar-refractivity contribution >= 4 is 17.8 Å². The molecule has 0 spiro atoms. The summed E-state index contributed by atoms with van der Waals surface area (Å²) < 4.78 is 0. The number of nitrogen functional groups attached to an aromatic ring is 1. The van der Waals surface area contributed by atoms with Gasteiger partial charge in [0, 0.05) is 33.2 Å². The van der Waals surface area contributed by atoms with Crippen molar-refractivity contribution in [2.75, 3.05) is 56.5 Å². The first-order chi connectivity index (χ1) is 9.38. The van der Waals surface area contributed by atoms with Crippen molar-refractivity contribution in [2.24, 2.45) is 5.84 Å². The van der Waals surface area contributed by atoms with E-state index < -0.39 is 0 Å². The van der Waals surface area contributed by atoms with Crippen molar-refractivity contribution in [1.82, 2.24) is 19.9 Å². The first-order valence-corrected chi connectivity index (χ1v) is 6.70. The molecular formula is C12H26N8. The van der Waals surface area contributed by atoms with Gasteiger partial charge in [0.2, 0.25) is 17.8 Å². The van der Waals surface area contributed by atoms with Gasteiger partial charge in [-0.3, -0.25) is 5.43 Å². The quantitative estimate of drug-likeness (QED) is 0.534. The molecule has 1 rings (SSSR count). The van der Waals surface area contributed by atoms with Crippen LogP contribution in [0.2, 0.25) is 0 Å². The molecule has 1 aromatic rings. The van der Waals surface area contributed by atoms with Gasteiger partial charge in [-0.05, 0) is 27.9 Å². The summed E-state index contributed by atoms with van der Waals surface area (Å²) in [6.07, 6.45) is 0. The summed E-state index contributed by atoms with van der Waals surface area (Å²) in [5, 5.41) is 0. The zero-order chi connectivity index (χ0) is 15.3. The van der Waals surface area contributed by atoms with Gasteiger partial charge in [0.25, 0.3) is 0 Å². The van der Waals surface area contributed by atoms with Crippen molar-refractivity contribution in [2.45, 2.75) is 19.9 Å². The second-order valence-corrected chi connectivity index (χ2v) is 5.20. The summed E-state index contributed by atoms with van der Waals surface area (Å²) in [7, 11) is 7.88. The molecule has 0 saturated heterocycles. The van der Waals surface area contributed by atoms with E-state index in [1.54, 1.807) is 0 Å². The lowest BCUT2D eigenvalue weighted by Gasteiger charge is -2.30. The molecule has 0 aliphatic rings. The Morgan fingerprint density at radius 3 is 2.15 bits per heavy atom. The number of hydrogen-bond acceptors (Lipinski definition) is 8. The van der Waals surface area contributed by atoms with Crippen molar-refractivity contribution in [3.8, 4) is 0 Å². The fraction of sp³-hybridized carbons (Fsp3) is 0.750. The summed E-state index contributed by atoms with van der Waals surface area (Å²) >= 11 is 0. The maximum atomic E-state index is 5.44. The first-order valence-electron chi connectivity index (χ1n) is 6.70. The minimum Gasteiger partial charge on any atom is -0.347 e. The highest BCUT2D eigenvalue weighted by molar-refractivity contribution is 5.44. The average Bonchev–Trinajstić information content (AvgIpc) is 2.38. The van der Waals surface area contributed by atoms with Crippen molar-refractivity contribution in [3.05, 3.63) is 0 Å². The van der Waals surface area contributed by atoms with E-state index in [2.05, 4.69) is 58.1 Å². The molecule has 0 bridgehead atoms. The SMILES string of the molecule is CCN(c1nc(NN)nc(N(C)C)n1)C(C)CN(C)C. The van der Waals surface area contributed by atoms with Gasteiger partial charge >= 0.3 is 0 Å². The molecule has 0 aromatic carbocycles. The third-order valence-corrected chi connectivity index (χ3v) is 2.90. The first kappa shape index (κ1) is 16.4. The van der Waals surface area contributed by atoms with Crippen molar-refractivity contribution in [3.63, 3.8) is 0 Å². The molecule has 0 aliphatic carbocycles. The molecule has 1 unspecified atom stereocenters. The molecule has 1 heterocycles. The van der Waals surface area contributed by atoms with Gasteiger partial charge in [0.15, 0.2) is 0 Å². The number of nitrogens with zero attached hydrogens (tertiary/aromatic N) is 6. The molecule has 0 radical (unpaired) electrons. The van der Waals surface area contributed by atoms with E-state index in [1.165, 1.54) is 0 Å². The number of likely N-dealkylation sites (N-methyl/N-ethyl adjacent to an activating group) is 2. The normalized spacial score (nSPS) is 12.4. The van der Waals surface area contributed by atoms with Gasteiger partial charge in [0.1, 0.15) is 0 Å². The minimum atomic E-state index is 0.290. The monoisotopic (exact) mass is 282 g/mol. The van der Waals surface area contributed by atoms with Gasteiger partial charge in [-0.1, -0.05) is 0 Å². The van der Waals surface area contributed by atoms with Crippen LogP contribution < -0.4 is 21.1 Å². The van der Waals surface area contributed by atoms with Gasteiger partial charge in [0.05, 0.1) is 0 Å². The van der Waals surface area contributed by atoms with Gasteiger partial charge in [-0.25, -0.2) is 5.84 Å². The van der Waals surface area contributed by atoms with Crippen LogP contribution in [0.15, 0.2) is 0 Å². The number of hydrogen-bond donors (Lipinski definition) is 2. The largest absolute Gasteiger partial charge is 0.347 e. The Balaban J connectivity index is 3.10. The summed E-state index contributed by atoms with van der Waals surface area (Å²) in [6, 6.07) is 0.290. The summed E-state index contributed by atoms with van der Waals surface area (Å²) in [6.45, 7) is 5.97. The molecule has 20 heavy (non-hydrogen) atoms. The van der Waals surface area contributed by atoms with Crippen LogP contribution in [0.25, 0.3) is 0 Å². The lowest BCUT2D eigenvalue weighted by atomic mass is 10.3. The maximum absolute atomic E-state index is 5.44. The molecule has 0 amide bonds. The van der Waals surface area contributed by atoms with Crippen LogP contribution in [-0.2, 0) is 0 Å². The van der Waals surface area contributed by atoms with E-state index in [4.69, 9.17) is 5.84 Å². The molecule has 8 nitrogen and oxygen atoms in total. The van der Waals surface area contributed by atoms with Crippen LogP contribution in [0.5, 0.6) is 0 Å². The van der Waals surface area contributed by atoms with Gasteiger partial charge < -0.3 is 14.7 Å². The van der Waals surface area contributed by atoms with E-state index in [0.29, 0.717) is 17.8 Å². The topological polar surface area (TPSA) is 86.4 Å². The third kappa shape index (κ3) is 4.17. The van der Waals surface area contributed by atoms with E-state index in [9.17, 15) is 0 Å². The highest BCUT2D eigenvalue weighted by Crippen LogP contribution is 2.17. The molecule has 8 heteroatoms. The predicted molar refractivity (Wildman–Crippen MR) is 83.0 cm³/mol. The van der Waals surface area contributed by atoms with Crippen molar-refractivity contribution < 1.29 is 0 Å². The lowest BCUT2D eigenvalue weighted by Crippen LogP contribution is -2.41. The molecule has 114 valence electrons. The standard InChI is InChI=1S/C12H26N8/c1-7-20(9(2)8-18(3)4)12-15-10(17-13)14-11(16-12)19(5)6/h9H,7-8,13H2,1-6H3,(H,14,15,16,17). The van der Waals surface area contributed by atoms with Crippen LogP contribution >= 0.6 is 0 Å². The fourth-order valence-electron chi connectivity index (χ4n) is 2.02. The third-order valence-electron chi connectivity index (χ3n) is 2.90. The highest BCUT2D eigenvalue weighted by Gasteiger charge is 2.18. The number of aromatic nitrogens is 3. The molecule has 1 atom stereocenters. The number of nitrogens with one attached hydrogen (secondary N) is 1. The van der Waals surface area contributed by atoms with E-state index >= 15 is 0 Å². The Morgan fingerprint density at radius 2 is 1.70 bits per heavy atom. The second-order valence-electron chi connectivity index (χ2n) is 5.20. The fourth-order valence-corrected chi connectivity index (χ4v) is 2.02. The number of hydrazine groups is 1. The van der Waals surface area contributed by atoms with Crippen LogP contribution in [-0.4, -0.2) is 67.2 Å². The summed E-state index contributed by atoms with van der Waals surface area (Å²) in [4.78, 5) is 19.2. The molecule has 1 aromatic heterocycles. The Bertz CT molecular complexity index is 420. The highest BCUT2D eigenvalue weighted by atomic mass is 15.4. The predicted octanol–water partition coefficient (Wildman–Crippen LogP) is -0.000400. The van der Waals surface area contributed by atoms with Crippen LogP contribution in [0.1, 0.15) is 13.8 Å². The Hall–Kier alpha value is -1.67. The van der Waals surface area contributed by atoms with Gasteiger partial charge in [-0.15, -0.1) is 0 Å². The number of rotatable bonds is 7. The summed E-state index contributed by atoms with van der Waals surface area (Å²) in [5.41, 5.74) is 2.50. The van der Waals surface area contributed by atoms with E-state index in [0.717, 1.165) is 13.1 Å². The molecular weight excluding hydrogens is 256 g/mol. The lowest BCUT2D eigenvalue weighted by molar-refractivity contribution is 0.371. The molecule has 0 saturated carbocycles. The van der Waals surface area contributed by atoms with Crippen LogP contribution in [0.3, 0.4) is 0 Å². The Labute approximate surface area is 121 Å². The Kier molecular flexibility index (Phi) is 5.90. The maximum Gasteiger partial charge on any atom is 0.243 e. The van der Waals surface area contributed by atoms with Crippen LogP contribution in [0, 0.1) is 0 Å². The molecule has 0 aliphatic heterocycles. The number of anilines is 3.